The molecule has 0 spiro atoms. The van der Waals surface area contributed by atoms with Crippen LogP contribution < -0.4 is 5.73 Å². The molecule has 0 aromatic rings. The molecule has 2 saturated heterocycles. The van der Waals surface area contributed by atoms with E-state index in [2.05, 4.69) is 21.6 Å². The molecule has 20 nitrogen and oxygen atoms in total. The Morgan fingerprint density at radius 1 is 1.38 bits per heavy atom. The molecule has 3 aliphatic heterocycles. The van der Waals surface area contributed by atoms with E-state index in [9.17, 15) is 50.0 Å². The minimum absolute atomic E-state index is 0.0486. The van der Waals surface area contributed by atoms with E-state index in [1.807, 2.05) is 0 Å². The van der Waals surface area contributed by atoms with Crippen LogP contribution in [0.2, 0.25) is 0 Å². The molecule has 3 unspecified atom stereocenters. The summed E-state index contributed by atoms with van der Waals surface area (Å²) >= 11 is 0. The molecule has 21 heteroatoms. The summed E-state index contributed by atoms with van der Waals surface area (Å²) in [7, 11) is -5.47. The summed E-state index contributed by atoms with van der Waals surface area (Å²) in [4.78, 5) is 30.0. The van der Waals surface area contributed by atoms with Gasteiger partial charge in [0.15, 0.2) is 6.23 Å². The number of carboxylic acids is 1. The standard InChI is InChI=1S/C19H29N6O14P/c1-7-22-11(20)2-3-25(7)17-15(31)14(30)10(37-17)6-36-40(34,35)39-19(18(32)33)4-8(27)13(29)16(38-19)12(23-24-21)9(28)5-26/h2-3,8-10,12-17,26-31H,1,4-6H2,(H2,20,22)(H,32,33)(H,34,35)/t8-,9-,10-,12-,13-,14+,15?,16?,17-,19-/m1/s1. The number of aliphatic imine (C=N–C) groups is 1. The van der Waals surface area contributed by atoms with Gasteiger partial charge >= 0.3 is 13.8 Å². The number of carbonyl (C=O) groups is 1. The highest BCUT2D eigenvalue weighted by molar-refractivity contribution is 7.47. The minimum atomic E-state index is -5.47. The van der Waals surface area contributed by atoms with Gasteiger partial charge in [-0.1, -0.05) is 11.7 Å². The minimum Gasteiger partial charge on any atom is -0.477 e. The molecule has 0 radical (unpaired) electrons. The second kappa shape index (κ2) is 12.5. The number of aliphatic hydroxyl groups excluding tert-OH is 6. The second-order valence-corrected chi connectivity index (χ2v) is 10.3. The van der Waals surface area contributed by atoms with Crippen LogP contribution in [-0.2, 0) is 27.9 Å². The molecule has 0 saturated carbocycles. The van der Waals surface area contributed by atoms with Gasteiger partial charge < -0.3 is 60.7 Å². The first-order valence-corrected chi connectivity index (χ1v) is 13.0. The highest BCUT2D eigenvalue weighted by atomic mass is 31.2. The zero-order valence-electron chi connectivity index (χ0n) is 20.5. The summed E-state index contributed by atoms with van der Waals surface area (Å²) in [5, 5.41) is 73.4. The first kappa shape index (κ1) is 31.8. The van der Waals surface area contributed by atoms with Crippen molar-refractivity contribution in [3.8, 4) is 0 Å². The molecule has 11 atom stereocenters. The Morgan fingerprint density at radius 2 is 2.05 bits per heavy atom. The summed E-state index contributed by atoms with van der Waals surface area (Å²) in [6, 6.07) is -1.87. The number of phosphoric ester groups is 1. The van der Waals surface area contributed by atoms with Crippen LogP contribution in [0, 0.1) is 0 Å². The van der Waals surface area contributed by atoms with Crippen LogP contribution >= 0.6 is 7.82 Å². The Balaban J connectivity index is 1.75. The van der Waals surface area contributed by atoms with E-state index in [0.29, 0.717) is 0 Å². The number of aliphatic carboxylic acids is 1. The Morgan fingerprint density at radius 3 is 2.62 bits per heavy atom. The van der Waals surface area contributed by atoms with Crippen molar-refractivity contribution in [2.75, 3.05) is 13.2 Å². The Labute approximate surface area is 225 Å². The number of phosphoric acid groups is 1. The fourth-order valence-electron chi connectivity index (χ4n) is 4.18. The van der Waals surface area contributed by atoms with Gasteiger partial charge in [0.25, 0.3) is 5.79 Å². The van der Waals surface area contributed by atoms with Crippen LogP contribution in [0.3, 0.4) is 0 Å². The Hall–Kier alpha value is -2.68. The number of nitrogens with two attached hydrogens (primary N) is 1. The van der Waals surface area contributed by atoms with Gasteiger partial charge in [0.2, 0.25) is 0 Å². The number of carboxylic acid groups (broad SMARTS) is 1. The van der Waals surface area contributed by atoms with Crippen molar-refractivity contribution in [3.05, 3.63) is 35.1 Å². The van der Waals surface area contributed by atoms with Gasteiger partial charge in [-0.3, -0.25) is 4.52 Å². The number of nitrogens with zero attached hydrogens (tertiary/aromatic N) is 5. The monoisotopic (exact) mass is 596 g/mol. The molecule has 0 amide bonds. The highest BCUT2D eigenvalue weighted by Gasteiger charge is 2.58. The van der Waals surface area contributed by atoms with Gasteiger partial charge in [-0.05, 0) is 11.6 Å². The topological polar surface area (TPSA) is 323 Å². The number of ether oxygens (including phenoxy) is 2. The van der Waals surface area contributed by atoms with Crippen molar-refractivity contribution in [2.45, 2.75) is 67.2 Å². The van der Waals surface area contributed by atoms with Crippen LogP contribution in [0.25, 0.3) is 10.4 Å². The molecule has 10 N–H and O–H groups in total. The highest BCUT2D eigenvalue weighted by Crippen LogP contribution is 2.51. The fourth-order valence-corrected chi connectivity index (χ4v) is 5.14. The summed E-state index contributed by atoms with van der Waals surface area (Å²) in [6.07, 6.45) is -12.4. The molecular formula is C19H29N6O14P. The lowest BCUT2D eigenvalue weighted by atomic mass is 9.90. The molecule has 0 bridgehead atoms. The van der Waals surface area contributed by atoms with Gasteiger partial charge in [0.05, 0.1) is 31.5 Å². The predicted molar refractivity (Wildman–Crippen MR) is 127 cm³/mol. The van der Waals surface area contributed by atoms with E-state index < -0.39 is 94.2 Å². The number of azide groups is 1. The van der Waals surface area contributed by atoms with E-state index in [0.717, 1.165) is 0 Å². The third-order valence-electron chi connectivity index (χ3n) is 6.20. The van der Waals surface area contributed by atoms with Crippen molar-refractivity contribution in [2.24, 2.45) is 15.8 Å². The van der Waals surface area contributed by atoms with Crippen molar-refractivity contribution < 1.29 is 68.5 Å². The number of amidine groups is 1. The van der Waals surface area contributed by atoms with Gasteiger partial charge in [-0.15, -0.1) is 0 Å². The van der Waals surface area contributed by atoms with E-state index in [-0.39, 0.29) is 11.7 Å². The van der Waals surface area contributed by atoms with Crippen LogP contribution in [0.15, 0.2) is 34.8 Å². The largest absolute Gasteiger partial charge is 0.477 e. The molecule has 3 rings (SSSR count). The molecule has 3 aliphatic rings. The van der Waals surface area contributed by atoms with Gasteiger partial charge in [0.1, 0.15) is 42.2 Å². The SMILES string of the molecule is C=C1N=C(N)C=CN1[C@@H]1O[C@H](COP(=O)(O)O[C@@]2(C(=O)O)C[C@@H](O)[C@@H](O)C([C@H](N=[N+]=[N-])[C@H](O)CO)O2)[C@H](O)C1O. The van der Waals surface area contributed by atoms with Crippen LogP contribution in [0.5, 0.6) is 0 Å². The normalized spacial score (nSPS) is 37.3. The van der Waals surface area contributed by atoms with E-state index in [1.54, 1.807) is 0 Å². The summed E-state index contributed by atoms with van der Waals surface area (Å²) < 4.78 is 33.0. The fraction of sp³-hybridized carbons (Fsp3) is 0.684. The lowest BCUT2D eigenvalue weighted by molar-refractivity contribution is -0.293. The first-order chi connectivity index (χ1) is 18.7. The third-order valence-corrected chi connectivity index (χ3v) is 7.20. The van der Waals surface area contributed by atoms with Crippen molar-refractivity contribution in [1.82, 2.24) is 4.90 Å². The zero-order valence-corrected chi connectivity index (χ0v) is 21.4. The first-order valence-electron chi connectivity index (χ1n) is 11.5. The maximum atomic E-state index is 12.8. The zero-order chi connectivity index (χ0) is 30.0. The van der Waals surface area contributed by atoms with Crippen LogP contribution in [0.4, 0.5) is 0 Å². The lowest BCUT2D eigenvalue weighted by Gasteiger charge is -2.44. The van der Waals surface area contributed by atoms with Gasteiger partial charge in [-0.2, -0.15) is 0 Å². The molecule has 0 aromatic carbocycles. The Bertz CT molecular complexity index is 1130. The van der Waals surface area contributed by atoms with Crippen molar-refractivity contribution in [1.29, 1.82) is 0 Å². The quantitative estimate of drug-likeness (QED) is 0.0484. The molecule has 3 heterocycles. The number of hydrogen-bond acceptors (Lipinski definition) is 16. The molecule has 40 heavy (non-hydrogen) atoms. The van der Waals surface area contributed by atoms with Gasteiger partial charge in [0, 0.05) is 17.5 Å². The van der Waals surface area contributed by atoms with E-state index in [1.165, 1.54) is 17.2 Å². The molecule has 2 fully saturated rings. The summed E-state index contributed by atoms with van der Waals surface area (Å²) in [6.45, 7) is 1.67. The van der Waals surface area contributed by atoms with E-state index in [4.69, 9.17) is 29.8 Å². The maximum Gasteiger partial charge on any atom is 0.475 e. The summed E-state index contributed by atoms with van der Waals surface area (Å²) in [5.74, 6) is -5.12. The molecule has 0 aliphatic carbocycles. The molecular weight excluding hydrogens is 567 g/mol. The van der Waals surface area contributed by atoms with Crippen LogP contribution in [0.1, 0.15) is 6.42 Å². The average Bonchev–Trinajstić information content (AvgIpc) is 3.16. The number of rotatable bonds is 11. The van der Waals surface area contributed by atoms with Crippen molar-refractivity contribution >= 4 is 19.6 Å². The number of hydrogen-bond donors (Lipinski definition) is 9. The third kappa shape index (κ3) is 6.61. The average molecular weight is 596 g/mol. The van der Waals surface area contributed by atoms with E-state index >= 15 is 0 Å². The van der Waals surface area contributed by atoms with Gasteiger partial charge in [-0.25, -0.2) is 18.9 Å². The molecule has 224 valence electrons. The smallest absolute Gasteiger partial charge is 0.475 e. The van der Waals surface area contributed by atoms with Crippen molar-refractivity contribution in [3.63, 3.8) is 0 Å². The summed E-state index contributed by atoms with van der Waals surface area (Å²) in [5.41, 5.74) is 14.3. The number of aliphatic hydroxyl groups is 6. The van der Waals surface area contributed by atoms with Crippen LogP contribution in [-0.4, -0.2) is 131 Å². The molecule has 0 aromatic heterocycles. The predicted octanol–water partition coefficient (Wildman–Crippen LogP) is -3.45. The maximum absolute atomic E-state index is 12.8. The second-order valence-electron chi connectivity index (χ2n) is 8.93. The lowest BCUT2D eigenvalue weighted by Crippen LogP contribution is -2.63. The Kier molecular flexibility index (Phi) is 9.91.